The van der Waals surface area contributed by atoms with Gasteiger partial charge < -0.3 is 5.32 Å². The first-order valence-corrected chi connectivity index (χ1v) is 7.88. The Labute approximate surface area is 143 Å². The Bertz CT molecular complexity index is 756. The van der Waals surface area contributed by atoms with Gasteiger partial charge in [-0.25, -0.2) is 14.2 Å². The summed E-state index contributed by atoms with van der Waals surface area (Å²) < 4.78 is 26.5. The van der Waals surface area contributed by atoms with Crippen LogP contribution in [0.15, 0.2) is 42.5 Å². The summed E-state index contributed by atoms with van der Waals surface area (Å²) in [5.74, 6) is -1.91. The van der Waals surface area contributed by atoms with Crippen LogP contribution >= 0.6 is 11.6 Å². The molecular weight excluding hydrogens is 336 g/mol. The van der Waals surface area contributed by atoms with Gasteiger partial charge in [0.15, 0.2) is 0 Å². The molecule has 1 heterocycles. The minimum Gasteiger partial charge on any atom is -0.352 e. The van der Waals surface area contributed by atoms with E-state index in [4.69, 9.17) is 11.6 Å². The van der Waals surface area contributed by atoms with Gasteiger partial charge in [0.25, 0.3) is 0 Å². The molecule has 1 aliphatic heterocycles. The lowest BCUT2D eigenvalue weighted by atomic mass is 9.94. The summed E-state index contributed by atoms with van der Waals surface area (Å²) in [4.78, 5) is 12.4. The van der Waals surface area contributed by atoms with E-state index in [0.29, 0.717) is 11.6 Å². The maximum Gasteiger partial charge on any atom is 0.226 e. The zero-order valence-corrected chi connectivity index (χ0v) is 13.4. The molecule has 0 saturated carbocycles. The Morgan fingerprint density at radius 2 is 2.08 bits per heavy atom. The van der Waals surface area contributed by atoms with Crippen molar-refractivity contribution < 1.29 is 13.6 Å². The van der Waals surface area contributed by atoms with E-state index in [9.17, 15) is 13.6 Å². The first kappa shape index (κ1) is 16.8. The molecule has 0 radical (unpaired) electrons. The van der Waals surface area contributed by atoms with Crippen LogP contribution in [-0.2, 0) is 11.3 Å². The number of carbonyl (C=O) groups is 1. The van der Waals surface area contributed by atoms with Gasteiger partial charge in [-0.05, 0) is 23.8 Å². The van der Waals surface area contributed by atoms with Crippen LogP contribution in [0.25, 0.3) is 0 Å². The molecule has 0 bridgehead atoms. The molecule has 2 aromatic carbocycles. The Morgan fingerprint density at radius 1 is 1.25 bits per heavy atom. The maximum absolute atomic E-state index is 13.6. The van der Waals surface area contributed by atoms with E-state index in [-0.39, 0.29) is 30.0 Å². The highest BCUT2D eigenvalue weighted by Gasteiger charge is 2.33. The van der Waals surface area contributed by atoms with E-state index >= 15 is 0 Å². The maximum atomic E-state index is 13.6. The molecule has 24 heavy (non-hydrogen) atoms. The summed E-state index contributed by atoms with van der Waals surface area (Å²) >= 11 is 6.00. The zero-order valence-electron chi connectivity index (χ0n) is 12.7. The molecule has 3 rings (SSSR count). The Balaban J connectivity index is 1.67. The lowest BCUT2D eigenvalue weighted by Crippen LogP contribution is -2.34. The minimum atomic E-state index is -0.677. The van der Waals surface area contributed by atoms with Crippen molar-refractivity contribution in [2.24, 2.45) is 5.92 Å². The molecule has 1 amide bonds. The number of hydrogen-bond donors (Lipinski definition) is 3. The number of hydrazine groups is 1. The Hall–Kier alpha value is -2.02. The number of carbonyl (C=O) groups excluding carboxylic acids is 1. The third-order valence-corrected chi connectivity index (χ3v) is 4.23. The molecule has 1 aliphatic rings. The molecule has 0 aromatic heterocycles. The Kier molecular flexibility index (Phi) is 5.08. The number of rotatable bonds is 4. The summed E-state index contributed by atoms with van der Waals surface area (Å²) in [5.41, 5.74) is 7.14. The summed E-state index contributed by atoms with van der Waals surface area (Å²) in [5, 5.41) is 3.29. The molecule has 0 aliphatic carbocycles. The quantitative estimate of drug-likeness (QED) is 0.794. The lowest BCUT2D eigenvalue weighted by molar-refractivity contribution is -0.125. The summed E-state index contributed by atoms with van der Waals surface area (Å²) in [7, 11) is 0. The molecule has 0 spiro atoms. The fourth-order valence-electron chi connectivity index (χ4n) is 2.74. The van der Waals surface area contributed by atoms with Crippen molar-refractivity contribution in [1.29, 1.82) is 0 Å². The van der Waals surface area contributed by atoms with Gasteiger partial charge in [0.1, 0.15) is 11.6 Å². The van der Waals surface area contributed by atoms with Gasteiger partial charge in [-0.15, -0.1) is 0 Å². The van der Waals surface area contributed by atoms with E-state index in [0.717, 1.165) is 17.7 Å². The van der Waals surface area contributed by atoms with E-state index in [1.165, 1.54) is 6.07 Å². The number of amides is 1. The van der Waals surface area contributed by atoms with Crippen LogP contribution in [0.1, 0.15) is 17.2 Å². The number of nitrogens with one attached hydrogen (secondary N) is 3. The highest BCUT2D eigenvalue weighted by Crippen LogP contribution is 2.27. The molecule has 2 atom stereocenters. The van der Waals surface area contributed by atoms with Gasteiger partial charge in [0, 0.05) is 29.7 Å². The molecule has 7 heteroatoms. The van der Waals surface area contributed by atoms with E-state index in [1.54, 1.807) is 12.1 Å². The second-order valence-corrected chi connectivity index (χ2v) is 6.05. The smallest absolute Gasteiger partial charge is 0.226 e. The fourth-order valence-corrected chi connectivity index (χ4v) is 2.93. The molecule has 1 saturated heterocycles. The zero-order chi connectivity index (χ0) is 17.1. The number of benzene rings is 2. The van der Waals surface area contributed by atoms with Crippen LogP contribution in [0, 0.1) is 17.6 Å². The second kappa shape index (κ2) is 7.25. The number of halogens is 3. The van der Waals surface area contributed by atoms with Crippen molar-refractivity contribution >= 4 is 17.5 Å². The van der Waals surface area contributed by atoms with Gasteiger partial charge in [0.2, 0.25) is 5.91 Å². The van der Waals surface area contributed by atoms with Gasteiger partial charge in [0.05, 0.1) is 12.0 Å². The van der Waals surface area contributed by atoms with E-state index < -0.39 is 11.6 Å². The monoisotopic (exact) mass is 351 g/mol. The molecular formula is C17H16ClF2N3O. The first-order chi connectivity index (χ1) is 11.5. The van der Waals surface area contributed by atoms with Gasteiger partial charge in [-0.2, -0.15) is 0 Å². The highest BCUT2D eigenvalue weighted by atomic mass is 35.5. The summed E-state index contributed by atoms with van der Waals surface area (Å²) in [6.45, 7) is 0.443. The molecule has 4 nitrogen and oxygen atoms in total. The minimum absolute atomic E-state index is 0.00368. The van der Waals surface area contributed by atoms with Crippen molar-refractivity contribution in [3.8, 4) is 0 Å². The van der Waals surface area contributed by atoms with Gasteiger partial charge in [-0.1, -0.05) is 29.8 Å². The third kappa shape index (κ3) is 3.72. The predicted octanol–water partition coefficient (Wildman–Crippen LogP) is 2.70. The van der Waals surface area contributed by atoms with Crippen molar-refractivity contribution in [3.05, 3.63) is 70.2 Å². The molecule has 2 unspecified atom stereocenters. The van der Waals surface area contributed by atoms with Crippen molar-refractivity contribution in [2.75, 3.05) is 6.54 Å². The average Bonchev–Trinajstić information content (AvgIpc) is 3.03. The van der Waals surface area contributed by atoms with Gasteiger partial charge in [-0.3, -0.25) is 10.2 Å². The fraction of sp³-hybridized carbons (Fsp3) is 0.235. The number of hydrogen-bond acceptors (Lipinski definition) is 3. The van der Waals surface area contributed by atoms with Gasteiger partial charge >= 0.3 is 0 Å². The predicted molar refractivity (Wildman–Crippen MR) is 87.0 cm³/mol. The van der Waals surface area contributed by atoms with Crippen LogP contribution < -0.4 is 16.2 Å². The van der Waals surface area contributed by atoms with Crippen molar-refractivity contribution in [3.63, 3.8) is 0 Å². The topological polar surface area (TPSA) is 53.2 Å². The van der Waals surface area contributed by atoms with Crippen LogP contribution in [0.3, 0.4) is 0 Å². The molecule has 1 fully saturated rings. The normalized spacial score (nSPS) is 20.1. The molecule has 126 valence electrons. The largest absolute Gasteiger partial charge is 0.352 e. The van der Waals surface area contributed by atoms with Crippen molar-refractivity contribution in [2.45, 2.75) is 12.6 Å². The summed E-state index contributed by atoms with van der Waals surface area (Å²) in [6, 6.07) is 10.3. The van der Waals surface area contributed by atoms with Crippen LogP contribution in [0.4, 0.5) is 8.78 Å². The average molecular weight is 352 g/mol. The standard InChI is InChI=1S/C17H16ClF2N3O/c18-12-3-1-2-10(6-12)16-14(9-22-23-16)17(24)21-8-11-4-5-13(19)7-15(11)20/h1-7,14,16,22-23H,8-9H2,(H,21,24). The van der Waals surface area contributed by atoms with E-state index in [2.05, 4.69) is 16.2 Å². The van der Waals surface area contributed by atoms with Crippen molar-refractivity contribution in [1.82, 2.24) is 16.2 Å². The van der Waals surface area contributed by atoms with Crippen LogP contribution in [-0.4, -0.2) is 12.5 Å². The highest BCUT2D eigenvalue weighted by molar-refractivity contribution is 6.30. The van der Waals surface area contributed by atoms with E-state index in [1.807, 2.05) is 12.1 Å². The summed E-state index contributed by atoms with van der Waals surface area (Å²) in [6.07, 6.45) is 0. The Morgan fingerprint density at radius 3 is 2.83 bits per heavy atom. The third-order valence-electron chi connectivity index (χ3n) is 3.99. The molecule has 3 N–H and O–H groups in total. The lowest BCUT2D eigenvalue weighted by Gasteiger charge is -2.18. The SMILES string of the molecule is O=C(NCc1ccc(F)cc1F)C1CNNC1c1cccc(Cl)c1. The van der Waals surface area contributed by atoms with Crippen LogP contribution in [0.2, 0.25) is 5.02 Å². The second-order valence-electron chi connectivity index (χ2n) is 5.62. The van der Waals surface area contributed by atoms with Crippen LogP contribution in [0.5, 0.6) is 0 Å². The first-order valence-electron chi connectivity index (χ1n) is 7.50. The molecule has 2 aromatic rings.